The first-order valence-electron chi connectivity index (χ1n) is 12.3. The Morgan fingerprint density at radius 3 is 2.11 bits per heavy atom. The molecule has 4 heteroatoms. The van der Waals surface area contributed by atoms with Crippen molar-refractivity contribution in [3.05, 3.63) is 131 Å². The Kier molecular flexibility index (Phi) is 6.18. The second-order valence-electron chi connectivity index (χ2n) is 9.15. The van der Waals surface area contributed by atoms with Gasteiger partial charge in [-0.15, -0.1) is 0 Å². The van der Waals surface area contributed by atoms with Crippen LogP contribution in [0.2, 0.25) is 0 Å². The lowest BCUT2D eigenvalue weighted by atomic mass is 9.99. The lowest BCUT2D eigenvalue weighted by Crippen LogP contribution is -2.36. The van der Waals surface area contributed by atoms with Gasteiger partial charge in [0.25, 0.3) is 0 Å². The molecule has 0 bridgehead atoms. The molecule has 0 atom stereocenters. The molecule has 0 spiro atoms. The number of hydrogen-bond acceptors (Lipinski definition) is 3. The van der Waals surface area contributed by atoms with E-state index in [0.29, 0.717) is 0 Å². The highest BCUT2D eigenvalue weighted by Gasteiger charge is 2.22. The molecule has 0 unspecified atom stereocenters. The number of hydrogen-bond donors (Lipinski definition) is 0. The number of nitrogens with zero attached hydrogens (tertiary/aromatic N) is 3. The van der Waals surface area contributed by atoms with Gasteiger partial charge in [0.1, 0.15) is 21.5 Å². The number of amidine groups is 1. The van der Waals surface area contributed by atoms with Crippen LogP contribution in [0.15, 0.2) is 114 Å². The maximum absolute atomic E-state index is 5.38. The van der Waals surface area contributed by atoms with Gasteiger partial charge in [0.15, 0.2) is 0 Å². The molecule has 5 aromatic rings. The number of aromatic nitrogens is 1. The predicted molar refractivity (Wildman–Crippen MR) is 151 cm³/mol. The Morgan fingerprint density at radius 1 is 0.750 bits per heavy atom. The van der Waals surface area contributed by atoms with Crippen LogP contribution >= 0.6 is 11.3 Å². The molecule has 3 nitrogen and oxygen atoms in total. The van der Waals surface area contributed by atoms with Gasteiger partial charge in [-0.1, -0.05) is 126 Å². The molecule has 1 aliphatic rings. The average Bonchev–Trinajstić information content (AvgIpc) is 3.37. The van der Waals surface area contributed by atoms with Crippen LogP contribution in [-0.2, 0) is 13.0 Å². The fourth-order valence-corrected chi connectivity index (χ4v) is 5.64. The Morgan fingerprint density at radius 2 is 1.39 bits per heavy atom. The molecule has 36 heavy (non-hydrogen) atoms. The van der Waals surface area contributed by atoms with E-state index in [9.17, 15) is 0 Å². The summed E-state index contributed by atoms with van der Waals surface area (Å²) in [7, 11) is 0. The van der Waals surface area contributed by atoms with Gasteiger partial charge < -0.3 is 4.90 Å². The lowest BCUT2D eigenvalue weighted by molar-refractivity contribution is 0.395. The Bertz CT molecular complexity index is 1500. The molecular weight excluding hydrogens is 458 g/mol. The van der Waals surface area contributed by atoms with Crippen LogP contribution < -0.4 is 0 Å². The van der Waals surface area contributed by atoms with Crippen LogP contribution in [0, 0.1) is 6.92 Å². The van der Waals surface area contributed by atoms with Gasteiger partial charge in [-0.25, -0.2) is 9.98 Å². The second kappa shape index (κ2) is 9.92. The third-order valence-corrected chi connectivity index (χ3v) is 7.62. The number of rotatable bonds is 4. The minimum absolute atomic E-state index is 0.855. The number of thiazole rings is 1. The van der Waals surface area contributed by atoms with E-state index in [4.69, 9.17) is 9.98 Å². The standard InChI is InChI=1S/C32H27N3S/c1-23-16-18-26(19-17-23)30(35-21-20-24-10-8-9-15-28(24)22-35)34-32-29(25-11-4-2-5-12-25)33-31(36-32)27-13-6-3-7-14-27/h2-19H,20-22H2,1H3. The lowest BCUT2D eigenvalue weighted by Gasteiger charge is -2.31. The van der Waals surface area contributed by atoms with Crippen LogP contribution in [0.1, 0.15) is 22.3 Å². The van der Waals surface area contributed by atoms with Crippen molar-refractivity contribution < 1.29 is 0 Å². The van der Waals surface area contributed by atoms with E-state index in [-0.39, 0.29) is 0 Å². The van der Waals surface area contributed by atoms with Crippen molar-refractivity contribution in [2.24, 2.45) is 4.99 Å². The minimum atomic E-state index is 0.855. The molecule has 1 aromatic heterocycles. The topological polar surface area (TPSA) is 28.5 Å². The van der Waals surface area contributed by atoms with Crippen molar-refractivity contribution in [2.75, 3.05) is 6.54 Å². The van der Waals surface area contributed by atoms with Crippen molar-refractivity contribution in [2.45, 2.75) is 19.9 Å². The maximum Gasteiger partial charge on any atom is 0.146 e. The Hall–Kier alpha value is -4.02. The highest BCUT2D eigenvalue weighted by atomic mass is 32.1. The summed E-state index contributed by atoms with van der Waals surface area (Å²) >= 11 is 1.66. The van der Waals surface area contributed by atoms with Crippen molar-refractivity contribution >= 4 is 22.2 Å². The molecule has 2 heterocycles. The molecule has 0 aliphatic carbocycles. The zero-order valence-electron chi connectivity index (χ0n) is 20.3. The van der Waals surface area contributed by atoms with E-state index < -0.39 is 0 Å². The van der Waals surface area contributed by atoms with Gasteiger partial charge in [-0.3, -0.25) is 0 Å². The van der Waals surface area contributed by atoms with E-state index in [1.807, 2.05) is 12.1 Å². The average molecular weight is 486 g/mol. The third kappa shape index (κ3) is 4.60. The molecule has 0 N–H and O–H groups in total. The fraction of sp³-hybridized carbons (Fsp3) is 0.125. The Labute approximate surface area is 216 Å². The SMILES string of the molecule is Cc1ccc(C(=Nc2sc(-c3ccccc3)nc2-c2ccccc2)N2CCc3ccccc3C2)cc1. The maximum atomic E-state index is 5.38. The van der Waals surface area contributed by atoms with E-state index >= 15 is 0 Å². The molecular formula is C32H27N3S. The van der Waals surface area contributed by atoms with Gasteiger partial charge in [0, 0.05) is 29.8 Å². The molecule has 1 aliphatic heterocycles. The summed E-state index contributed by atoms with van der Waals surface area (Å²) in [4.78, 5) is 12.9. The first kappa shape index (κ1) is 22.4. The third-order valence-electron chi connectivity index (χ3n) is 6.62. The summed E-state index contributed by atoms with van der Waals surface area (Å²) in [6.45, 7) is 3.92. The largest absolute Gasteiger partial charge is 0.351 e. The van der Waals surface area contributed by atoms with Gasteiger partial charge >= 0.3 is 0 Å². The van der Waals surface area contributed by atoms with E-state index in [1.165, 1.54) is 16.7 Å². The van der Waals surface area contributed by atoms with Crippen LogP contribution in [0.3, 0.4) is 0 Å². The number of fused-ring (bicyclic) bond motifs is 1. The summed E-state index contributed by atoms with van der Waals surface area (Å²) in [5.41, 5.74) is 8.32. The smallest absolute Gasteiger partial charge is 0.146 e. The Balaban J connectivity index is 1.50. The van der Waals surface area contributed by atoms with E-state index in [0.717, 1.165) is 57.7 Å². The highest BCUT2D eigenvalue weighted by molar-refractivity contribution is 7.19. The van der Waals surface area contributed by atoms with Crippen molar-refractivity contribution in [1.82, 2.24) is 9.88 Å². The summed E-state index contributed by atoms with van der Waals surface area (Å²) < 4.78 is 0. The zero-order chi connectivity index (χ0) is 24.3. The quantitative estimate of drug-likeness (QED) is 0.191. The molecule has 4 aromatic carbocycles. The number of benzene rings is 4. The molecule has 0 saturated carbocycles. The van der Waals surface area contributed by atoms with Crippen LogP contribution in [0.5, 0.6) is 0 Å². The summed E-state index contributed by atoms with van der Waals surface area (Å²) in [6, 6.07) is 38.3. The first-order chi connectivity index (χ1) is 17.7. The highest BCUT2D eigenvalue weighted by Crippen LogP contribution is 2.40. The zero-order valence-corrected chi connectivity index (χ0v) is 21.1. The van der Waals surface area contributed by atoms with Crippen LogP contribution in [0.25, 0.3) is 21.8 Å². The summed E-state index contributed by atoms with van der Waals surface area (Å²) in [6.07, 6.45) is 1.02. The van der Waals surface area contributed by atoms with E-state index in [1.54, 1.807) is 11.3 Å². The van der Waals surface area contributed by atoms with E-state index in [2.05, 4.69) is 109 Å². The molecule has 0 fully saturated rings. The van der Waals surface area contributed by atoms with Crippen LogP contribution in [0.4, 0.5) is 5.00 Å². The second-order valence-corrected chi connectivity index (χ2v) is 10.1. The first-order valence-corrected chi connectivity index (χ1v) is 13.2. The van der Waals surface area contributed by atoms with Gasteiger partial charge in [-0.2, -0.15) is 0 Å². The summed E-state index contributed by atoms with van der Waals surface area (Å²) in [5.74, 6) is 1.00. The monoisotopic (exact) mass is 485 g/mol. The predicted octanol–water partition coefficient (Wildman–Crippen LogP) is 7.92. The van der Waals surface area contributed by atoms with Gasteiger partial charge in [-0.05, 0) is 24.5 Å². The van der Waals surface area contributed by atoms with Gasteiger partial charge in [0.05, 0.1) is 0 Å². The normalized spacial score (nSPS) is 13.5. The summed E-state index contributed by atoms with van der Waals surface area (Å²) in [5, 5.41) is 1.93. The van der Waals surface area contributed by atoms with Crippen molar-refractivity contribution in [3.63, 3.8) is 0 Å². The van der Waals surface area contributed by atoms with Crippen LogP contribution in [-0.4, -0.2) is 22.3 Å². The minimum Gasteiger partial charge on any atom is -0.351 e. The number of aliphatic imine (C=N–C) groups is 1. The van der Waals surface area contributed by atoms with Crippen molar-refractivity contribution in [3.8, 4) is 21.8 Å². The molecule has 0 amide bonds. The molecule has 6 rings (SSSR count). The molecule has 0 saturated heterocycles. The molecule has 176 valence electrons. The van der Waals surface area contributed by atoms with Gasteiger partial charge in [0.2, 0.25) is 0 Å². The number of aryl methyl sites for hydroxylation is 1. The molecule has 0 radical (unpaired) electrons. The fourth-order valence-electron chi connectivity index (χ4n) is 4.67. The van der Waals surface area contributed by atoms with Crippen molar-refractivity contribution in [1.29, 1.82) is 0 Å².